The zero-order valence-corrected chi connectivity index (χ0v) is 19.5. The number of carbonyl (C=O) groups is 1. The number of benzene rings is 2. The number of para-hydroxylation sites is 1. The fraction of sp³-hybridized carbons (Fsp3) is 0.200. The number of aromatic amines is 1. The highest BCUT2D eigenvalue weighted by Crippen LogP contribution is 2.37. The molecule has 0 atom stereocenters. The highest BCUT2D eigenvalue weighted by Gasteiger charge is 2.17. The number of anilines is 1. The lowest BCUT2D eigenvalue weighted by Gasteiger charge is -2.13. The van der Waals surface area contributed by atoms with E-state index in [2.05, 4.69) is 15.3 Å². The number of hydrogen-bond acceptors (Lipinski definition) is 5. The second-order valence-electron chi connectivity index (χ2n) is 8.00. The molecule has 0 aliphatic carbocycles. The van der Waals surface area contributed by atoms with Crippen LogP contribution in [-0.4, -0.2) is 55.1 Å². The first-order valence-electron chi connectivity index (χ1n) is 10.5. The Labute approximate surface area is 197 Å². The molecule has 2 aromatic carbocycles. The van der Waals surface area contributed by atoms with E-state index in [1.807, 2.05) is 55.5 Å². The molecule has 170 valence electrons. The number of nitrogens with one attached hydrogen (secondary N) is 2. The number of aromatic nitrogens is 2. The quantitative estimate of drug-likeness (QED) is 0.352. The van der Waals surface area contributed by atoms with Crippen molar-refractivity contribution in [3.8, 4) is 28.0 Å². The van der Waals surface area contributed by atoms with E-state index in [0.29, 0.717) is 17.1 Å². The number of fused-ring (bicyclic) bond motifs is 1. The molecule has 0 saturated carbocycles. The van der Waals surface area contributed by atoms with E-state index >= 15 is 0 Å². The van der Waals surface area contributed by atoms with Crippen molar-refractivity contribution in [1.82, 2.24) is 20.2 Å². The summed E-state index contributed by atoms with van der Waals surface area (Å²) in [7, 11) is 5.54. The van der Waals surface area contributed by atoms with Crippen LogP contribution >= 0.6 is 11.6 Å². The van der Waals surface area contributed by atoms with Gasteiger partial charge in [0, 0.05) is 47.6 Å². The van der Waals surface area contributed by atoms with Crippen molar-refractivity contribution in [2.24, 2.45) is 0 Å². The fourth-order valence-electron chi connectivity index (χ4n) is 3.71. The minimum Gasteiger partial charge on any atom is -0.496 e. The number of likely N-dealkylation sites (N-methyl/N-ethyl adjacent to an activating group) is 1. The van der Waals surface area contributed by atoms with Gasteiger partial charge >= 0.3 is 0 Å². The van der Waals surface area contributed by atoms with Crippen LogP contribution < -0.4 is 15.8 Å². The number of nitrogens with two attached hydrogens (primary N) is 1. The molecule has 0 bridgehead atoms. The number of nitrogen functional groups attached to an aromatic ring is 1. The maximum Gasteiger partial charge on any atom is 0.253 e. The summed E-state index contributed by atoms with van der Waals surface area (Å²) in [6, 6.07) is 13.4. The van der Waals surface area contributed by atoms with Crippen LogP contribution in [0, 0.1) is 0 Å². The van der Waals surface area contributed by atoms with Gasteiger partial charge in [-0.15, -0.1) is 0 Å². The number of methoxy groups -OCH3 is 1. The smallest absolute Gasteiger partial charge is 0.253 e. The first-order valence-corrected chi connectivity index (χ1v) is 10.9. The van der Waals surface area contributed by atoms with E-state index < -0.39 is 0 Å². The number of pyridine rings is 1. The molecule has 0 unspecified atom stereocenters. The lowest BCUT2D eigenvalue weighted by Crippen LogP contribution is -2.31. The predicted molar refractivity (Wildman–Crippen MR) is 134 cm³/mol. The number of halogens is 1. The summed E-state index contributed by atoms with van der Waals surface area (Å²) < 4.78 is 5.54. The molecule has 4 aromatic rings. The maximum atomic E-state index is 12.8. The Morgan fingerprint density at radius 2 is 1.97 bits per heavy atom. The first kappa shape index (κ1) is 22.6. The average Bonchev–Trinajstić information content (AvgIpc) is 3.23. The molecule has 0 aliphatic rings. The van der Waals surface area contributed by atoms with Crippen molar-refractivity contribution >= 4 is 34.2 Å². The zero-order valence-electron chi connectivity index (χ0n) is 18.8. The van der Waals surface area contributed by atoms with E-state index in [9.17, 15) is 4.79 Å². The second kappa shape index (κ2) is 9.52. The van der Waals surface area contributed by atoms with Crippen LogP contribution in [0.15, 0.2) is 54.9 Å². The van der Waals surface area contributed by atoms with Crippen molar-refractivity contribution < 1.29 is 9.53 Å². The molecule has 0 spiro atoms. The van der Waals surface area contributed by atoms with Gasteiger partial charge in [-0.2, -0.15) is 0 Å². The lowest BCUT2D eigenvalue weighted by atomic mass is 9.99. The summed E-state index contributed by atoms with van der Waals surface area (Å²) in [6.45, 7) is 1.23. The van der Waals surface area contributed by atoms with Crippen molar-refractivity contribution in [2.45, 2.75) is 0 Å². The van der Waals surface area contributed by atoms with Gasteiger partial charge in [-0.3, -0.25) is 4.79 Å². The minimum atomic E-state index is -0.261. The Hall–Kier alpha value is -3.55. The summed E-state index contributed by atoms with van der Waals surface area (Å²) in [5.74, 6) is 0.513. The number of amides is 1. The highest BCUT2D eigenvalue weighted by atomic mass is 35.5. The molecule has 4 rings (SSSR count). The van der Waals surface area contributed by atoms with Crippen LogP contribution in [0.3, 0.4) is 0 Å². The summed E-state index contributed by atoms with van der Waals surface area (Å²) >= 11 is 6.40. The summed E-state index contributed by atoms with van der Waals surface area (Å²) in [4.78, 5) is 22.5. The largest absolute Gasteiger partial charge is 0.496 e. The normalized spacial score (nSPS) is 11.2. The van der Waals surface area contributed by atoms with Crippen LogP contribution in [0.1, 0.15) is 10.4 Å². The third-order valence-electron chi connectivity index (χ3n) is 5.48. The van der Waals surface area contributed by atoms with Gasteiger partial charge in [0.2, 0.25) is 0 Å². The predicted octanol–water partition coefficient (Wildman–Crippen LogP) is 4.43. The molecule has 0 saturated heterocycles. The average molecular weight is 464 g/mol. The van der Waals surface area contributed by atoms with Gasteiger partial charge in [-0.05, 0) is 43.9 Å². The molecule has 8 heteroatoms. The van der Waals surface area contributed by atoms with Gasteiger partial charge in [0.15, 0.2) is 0 Å². The minimum absolute atomic E-state index is 0.258. The number of carbonyl (C=O) groups excluding carboxylic acids is 1. The van der Waals surface area contributed by atoms with Crippen LogP contribution in [0.4, 0.5) is 5.69 Å². The highest BCUT2D eigenvalue weighted by molar-refractivity contribution is 6.34. The number of rotatable bonds is 7. The standard InChI is InChI=1S/C25H26ClN5O2/c1-31(2)9-8-28-25(32)19-10-15(12-21(26)23(19)27)16-11-18-20(14-30-24(18)29-13-16)17-6-4-5-7-22(17)33-3/h4-7,10-14H,8-9,27H2,1-3H3,(H,28,32)(H,29,30). The van der Waals surface area contributed by atoms with Gasteiger partial charge in [-0.1, -0.05) is 29.8 Å². The van der Waals surface area contributed by atoms with Gasteiger partial charge in [0.1, 0.15) is 11.4 Å². The van der Waals surface area contributed by atoms with Gasteiger partial charge in [0.05, 0.1) is 23.4 Å². The molecule has 0 radical (unpaired) electrons. The molecule has 33 heavy (non-hydrogen) atoms. The topological polar surface area (TPSA) is 96.3 Å². The summed E-state index contributed by atoms with van der Waals surface area (Å²) in [6.07, 6.45) is 3.67. The Morgan fingerprint density at radius 1 is 1.18 bits per heavy atom. The molecule has 4 N–H and O–H groups in total. The van der Waals surface area contributed by atoms with E-state index in [1.165, 1.54) is 0 Å². The second-order valence-corrected chi connectivity index (χ2v) is 8.41. The van der Waals surface area contributed by atoms with Crippen molar-refractivity contribution in [2.75, 3.05) is 40.0 Å². The van der Waals surface area contributed by atoms with Crippen LogP contribution in [0.2, 0.25) is 5.02 Å². The Bertz CT molecular complexity index is 1320. The molecule has 0 fully saturated rings. The van der Waals surface area contributed by atoms with Crippen LogP contribution in [-0.2, 0) is 0 Å². The van der Waals surface area contributed by atoms with Gasteiger partial charge < -0.3 is 25.7 Å². The van der Waals surface area contributed by atoms with Crippen molar-refractivity contribution in [1.29, 1.82) is 0 Å². The Kier molecular flexibility index (Phi) is 6.53. The van der Waals surface area contributed by atoms with Gasteiger partial charge in [0.25, 0.3) is 5.91 Å². The van der Waals surface area contributed by atoms with Crippen LogP contribution in [0.25, 0.3) is 33.3 Å². The molecule has 0 aliphatic heterocycles. The number of H-pyrrole nitrogens is 1. The van der Waals surface area contributed by atoms with E-state index in [4.69, 9.17) is 22.1 Å². The number of hydrogen-bond donors (Lipinski definition) is 3. The third kappa shape index (κ3) is 4.65. The molecule has 2 heterocycles. The molecule has 1 amide bonds. The molecular formula is C25H26ClN5O2. The van der Waals surface area contributed by atoms with E-state index in [1.54, 1.807) is 25.4 Å². The molecule has 7 nitrogen and oxygen atoms in total. The maximum absolute atomic E-state index is 12.8. The van der Waals surface area contributed by atoms with Gasteiger partial charge in [-0.25, -0.2) is 4.98 Å². The summed E-state index contributed by atoms with van der Waals surface area (Å²) in [5.41, 5.74) is 11.0. The SMILES string of the molecule is COc1ccccc1-c1c[nH]c2ncc(-c3cc(Cl)c(N)c(C(=O)NCCN(C)C)c3)cc12. The lowest BCUT2D eigenvalue weighted by molar-refractivity contribution is 0.0952. The molecular weight excluding hydrogens is 438 g/mol. The van der Waals surface area contributed by atoms with Crippen molar-refractivity contribution in [3.63, 3.8) is 0 Å². The number of ether oxygens (including phenoxy) is 1. The molecule has 2 aromatic heterocycles. The third-order valence-corrected chi connectivity index (χ3v) is 5.79. The summed E-state index contributed by atoms with van der Waals surface area (Å²) in [5, 5.41) is 4.15. The monoisotopic (exact) mass is 463 g/mol. The zero-order chi connectivity index (χ0) is 23.5. The van der Waals surface area contributed by atoms with E-state index in [0.717, 1.165) is 45.6 Å². The fourth-order valence-corrected chi connectivity index (χ4v) is 3.93. The van der Waals surface area contributed by atoms with Crippen LogP contribution in [0.5, 0.6) is 5.75 Å². The van der Waals surface area contributed by atoms with Crippen molar-refractivity contribution in [3.05, 3.63) is 65.4 Å². The van der Waals surface area contributed by atoms with E-state index in [-0.39, 0.29) is 11.6 Å². The first-order chi connectivity index (χ1) is 15.9. The Balaban J connectivity index is 1.75. The number of nitrogens with zero attached hydrogens (tertiary/aromatic N) is 2. The Morgan fingerprint density at radius 3 is 2.73 bits per heavy atom.